The van der Waals surface area contributed by atoms with Crippen LogP contribution in [0.25, 0.3) is 11.0 Å². The highest BCUT2D eigenvalue weighted by Crippen LogP contribution is 2.29. The van der Waals surface area contributed by atoms with Gasteiger partial charge in [-0.3, -0.25) is 4.79 Å². The minimum atomic E-state index is -0.255. The van der Waals surface area contributed by atoms with Crippen molar-refractivity contribution in [2.45, 2.75) is 39.2 Å². The van der Waals surface area contributed by atoms with Crippen LogP contribution in [0.3, 0.4) is 0 Å². The zero-order valence-electron chi connectivity index (χ0n) is 12.8. The van der Waals surface area contributed by atoms with Crippen molar-refractivity contribution in [1.82, 2.24) is 5.32 Å². The van der Waals surface area contributed by atoms with Crippen molar-refractivity contribution in [3.63, 3.8) is 0 Å². The lowest BCUT2D eigenvalue weighted by atomic mass is 10.1. The number of carbonyl (C=O) groups excluding carboxylic acids is 1. The number of hydrogen-bond acceptors (Lipinski definition) is 4. The summed E-state index contributed by atoms with van der Waals surface area (Å²) < 4.78 is 10.8. The van der Waals surface area contributed by atoms with E-state index in [2.05, 4.69) is 5.32 Å². The number of hydrogen-bond donors (Lipinski definition) is 1. The monoisotopic (exact) mass is 301 g/mol. The van der Waals surface area contributed by atoms with E-state index in [4.69, 9.17) is 9.15 Å². The van der Waals surface area contributed by atoms with Gasteiger partial charge in [0.15, 0.2) is 6.61 Å². The molecule has 2 aromatic rings. The maximum atomic E-state index is 12.0. The number of carbonyl (C=O) groups is 1. The first-order valence-electron chi connectivity index (χ1n) is 7.55. The normalized spacial score (nSPS) is 13.4. The Morgan fingerprint density at radius 3 is 2.86 bits per heavy atom. The van der Waals surface area contributed by atoms with Crippen molar-refractivity contribution in [3.05, 3.63) is 39.7 Å². The Bertz CT molecular complexity index is 776. The molecular weight excluding hydrogens is 282 g/mol. The van der Waals surface area contributed by atoms with Gasteiger partial charge in [0.05, 0.1) is 0 Å². The summed E-state index contributed by atoms with van der Waals surface area (Å²) in [6.45, 7) is 3.73. The van der Waals surface area contributed by atoms with E-state index in [-0.39, 0.29) is 24.2 Å². The van der Waals surface area contributed by atoms with Gasteiger partial charge in [0.2, 0.25) is 0 Å². The summed E-state index contributed by atoms with van der Waals surface area (Å²) in [4.78, 5) is 23.5. The van der Waals surface area contributed by atoms with Crippen LogP contribution in [0, 0.1) is 0 Å². The Morgan fingerprint density at radius 1 is 1.32 bits per heavy atom. The Kier molecular flexibility index (Phi) is 3.88. The molecule has 0 saturated heterocycles. The van der Waals surface area contributed by atoms with Gasteiger partial charge in [0, 0.05) is 23.1 Å². The summed E-state index contributed by atoms with van der Waals surface area (Å²) >= 11 is 0. The largest absolute Gasteiger partial charge is 0.484 e. The van der Waals surface area contributed by atoms with Crippen LogP contribution in [0.4, 0.5) is 0 Å². The van der Waals surface area contributed by atoms with Gasteiger partial charge < -0.3 is 14.5 Å². The first-order chi connectivity index (χ1) is 10.5. The molecule has 1 amide bonds. The molecule has 1 N–H and O–H groups in total. The zero-order chi connectivity index (χ0) is 15.7. The molecule has 1 heterocycles. The second-order valence-corrected chi connectivity index (χ2v) is 5.87. The van der Waals surface area contributed by atoms with E-state index in [0.29, 0.717) is 11.3 Å². The molecular formula is C17H19NO4. The lowest BCUT2D eigenvalue weighted by molar-refractivity contribution is -0.123. The Balaban J connectivity index is 1.83. The van der Waals surface area contributed by atoms with Crippen molar-refractivity contribution >= 4 is 16.9 Å². The molecule has 0 aliphatic heterocycles. The SMILES string of the molecule is CC(C)NC(=O)COc1ccc2c3c(c(=O)oc2c1)CCC3. The lowest BCUT2D eigenvalue weighted by Crippen LogP contribution is -2.34. The number of amides is 1. The van der Waals surface area contributed by atoms with E-state index >= 15 is 0 Å². The fraction of sp³-hybridized carbons (Fsp3) is 0.412. The number of fused-ring (bicyclic) bond motifs is 3. The van der Waals surface area contributed by atoms with E-state index in [9.17, 15) is 9.59 Å². The zero-order valence-corrected chi connectivity index (χ0v) is 12.8. The van der Waals surface area contributed by atoms with Crippen molar-refractivity contribution in [1.29, 1.82) is 0 Å². The third kappa shape index (κ3) is 2.84. The summed E-state index contributed by atoms with van der Waals surface area (Å²) in [6, 6.07) is 5.47. The molecule has 0 saturated carbocycles. The molecule has 3 rings (SSSR count). The summed E-state index contributed by atoms with van der Waals surface area (Å²) in [5.41, 5.74) is 2.16. The minimum absolute atomic E-state index is 0.0567. The maximum absolute atomic E-state index is 12.0. The van der Waals surface area contributed by atoms with Crippen LogP contribution in [-0.4, -0.2) is 18.6 Å². The van der Waals surface area contributed by atoms with Crippen LogP contribution in [0.5, 0.6) is 5.75 Å². The van der Waals surface area contributed by atoms with Gasteiger partial charge in [-0.05, 0) is 50.8 Å². The predicted molar refractivity (Wildman–Crippen MR) is 83.3 cm³/mol. The molecule has 116 valence electrons. The molecule has 5 nitrogen and oxygen atoms in total. The number of rotatable bonds is 4. The third-order valence-corrected chi connectivity index (χ3v) is 3.76. The van der Waals surface area contributed by atoms with Crippen LogP contribution in [0.2, 0.25) is 0 Å². The van der Waals surface area contributed by atoms with Crippen LogP contribution >= 0.6 is 0 Å². The van der Waals surface area contributed by atoms with E-state index in [1.807, 2.05) is 26.0 Å². The second-order valence-electron chi connectivity index (χ2n) is 5.87. The van der Waals surface area contributed by atoms with Gasteiger partial charge >= 0.3 is 5.63 Å². The first kappa shape index (κ1) is 14.6. The number of ether oxygens (including phenoxy) is 1. The number of benzene rings is 1. The summed E-state index contributed by atoms with van der Waals surface area (Å²) in [6.07, 6.45) is 2.70. The van der Waals surface area contributed by atoms with Gasteiger partial charge in [-0.25, -0.2) is 4.79 Å². The van der Waals surface area contributed by atoms with Gasteiger partial charge in [0.25, 0.3) is 5.91 Å². The molecule has 1 aromatic carbocycles. The van der Waals surface area contributed by atoms with Crippen molar-refractivity contribution in [2.24, 2.45) is 0 Å². The fourth-order valence-corrected chi connectivity index (χ4v) is 2.87. The molecule has 1 aliphatic carbocycles. The van der Waals surface area contributed by atoms with Crippen molar-refractivity contribution in [2.75, 3.05) is 6.61 Å². The quantitative estimate of drug-likeness (QED) is 0.879. The standard InChI is InChI=1S/C17H19NO4/c1-10(2)18-16(19)9-21-11-6-7-13-12-4-3-5-14(12)17(20)22-15(13)8-11/h6-8,10H,3-5,9H2,1-2H3,(H,18,19). The van der Waals surface area contributed by atoms with E-state index < -0.39 is 0 Å². The molecule has 1 aliphatic rings. The van der Waals surface area contributed by atoms with Crippen LogP contribution in [0.1, 0.15) is 31.4 Å². The Hall–Kier alpha value is -2.30. The molecule has 0 fully saturated rings. The number of nitrogens with one attached hydrogen (secondary N) is 1. The Labute approximate surface area is 128 Å². The topological polar surface area (TPSA) is 68.5 Å². The van der Waals surface area contributed by atoms with Crippen LogP contribution < -0.4 is 15.7 Å². The fourth-order valence-electron chi connectivity index (χ4n) is 2.87. The molecule has 22 heavy (non-hydrogen) atoms. The maximum Gasteiger partial charge on any atom is 0.339 e. The smallest absolute Gasteiger partial charge is 0.339 e. The number of aryl methyl sites for hydroxylation is 1. The Morgan fingerprint density at radius 2 is 2.09 bits per heavy atom. The highest BCUT2D eigenvalue weighted by Gasteiger charge is 2.19. The second kappa shape index (κ2) is 5.83. The molecule has 0 bridgehead atoms. The molecule has 5 heteroatoms. The van der Waals surface area contributed by atoms with Crippen LogP contribution in [0.15, 0.2) is 27.4 Å². The highest BCUT2D eigenvalue weighted by molar-refractivity contribution is 5.83. The summed E-state index contributed by atoms with van der Waals surface area (Å²) in [5.74, 6) is 0.345. The molecule has 0 radical (unpaired) electrons. The van der Waals surface area contributed by atoms with Crippen molar-refractivity contribution in [3.8, 4) is 5.75 Å². The summed E-state index contributed by atoms with van der Waals surface area (Å²) in [5, 5.41) is 3.72. The first-order valence-corrected chi connectivity index (χ1v) is 7.55. The van der Waals surface area contributed by atoms with Gasteiger partial charge in [0.1, 0.15) is 11.3 Å². The molecule has 0 atom stereocenters. The highest BCUT2D eigenvalue weighted by atomic mass is 16.5. The van der Waals surface area contributed by atoms with Gasteiger partial charge in [-0.1, -0.05) is 0 Å². The lowest BCUT2D eigenvalue weighted by Gasteiger charge is -2.10. The van der Waals surface area contributed by atoms with Crippen molar-refractivity contribution < 1.29 is 13.9 Å². The van der Waals surface area contributed by atoms with E-state index in [0.717, 1.165) is 35.8 Å². The van der Waals surface area contributed by atoms with Crippen LogP contribution in [-0.2, 0) is 17.6 Å². The van der Waals surface area contributed by atoms with E-state index in [1.165, 1.54) is 0 Å². The molecule has 0 unspecified atom stereocenters. The van der Waals surface area contributed by atoms with Gasteiger partial charge in [-0.2, -0.15) is 0 Å². The van der Waals surface area contributed by atoms with Gasteiger partial charge in [-0.15, -0.1) is 0 Å². The summed E-state index contributed by atoms with van der Waals surface area (Å²) in [7, 11) is 0. The molecule has 0 spiro atoms. The minimum Gasteiger partial charge on any atom is -0.484 e. The average Bonchev–Trinajstić information content (AvgIpc) is 2.94. The third-order valence-electron chi connectivity index (χ3n) is 3.76. The average molecular weight is 301 g/mol. The van der Waals surface area contributed by atoms with E-state index in [1.54, 1.807) is 6.07 Å². The molecule has 1 aromatic heterocycles. The predicted octanol–water partition coefficient (Wildman–Crippen LogP) is 2.19.